The minimum atomic E-state index is -0.0355. The van der Waals surface area contributed by atoms with Crippen LogP contribution in [0.1, 0.15) is 54.0 Å². The lowest BCUT2D eigenvalue weighted by atomic mass is 9.93. The topological polar surface area (TPSA) is 95.1 Å². The van der Waals surface area contributed by atoms with Crippen molar-refractivity contribution in [2.75, 3.05) is 24.5 Å². The number of hydrogen-bond donors (Lipinski definition) is 1. The van der Waals surface area contributed by atoms with Gasteiger partial charge in [0.05, 0.1) is 17.7 Å². The van der Waals surface area contributed by atoms with E-state index < -0.39 is 0 Å². The van der Waals surface area contributed by atoms with Crippen LogP contribution in [-0.4, -0.2) is 35.7 Å². The second-order valence-corrected chi connectivity index (χ2v) is 8.13. The molecule has 3 heterocycles. The first-order chi connectivity index (χ1) is 14.1. The van der Waals surface area contributed by atoms with Gasteiger partial charge in [0.2, 0.25) is 5.91 Å². The third-order valence-electron chi connectivity index (χ3n) is 5.91. The lowest BCUT2D eigenvalue weighted by Crippen LogP contribution is -2.39. The predicted octanol–water partition coefficient (Wildman–Crippen LogP) is 2.70. The fourth-order valence-corrected chi connectivity index (χ4v) is 4.27. The molecule has 1 aliphatic heterocycles. The molecule has 2 aromatic rings. The van der Waals surface area contributed by atoms with Crippen molar-refractivity contribution in [1.82, 2.24) is 15.5 Å². The highest BCUT2D eigenvalue weighted by atomic mass is 16.5. The van der Waals surface area contributed by atoms with E-state index in [1.165, 1.54) is 24.1 Å². The van der Waals surface area contributed by atoms with Crippen LogP contribution < -0.4 is 10.2 Å². The second-order valence-electron chi connectivity index (χ2n) is 8.13. The summed E-state index contributed by atoms with van der Waals surface area (Å²) in [5.74, 6) is 1.84. The largest absolute Gasteiger partial charge is 0.361 e. The van der Waals surface area contributed by atoms with E-state index in [2.05, 4.69) is 21.4 Å². The Hall–Kier alpha value is -2.88. The summed E-state index contributed by atoms with van der Waals surface area (Å²) in [5, 5.41) is 16.4. The average molecular weight is 393 g/mol. The second kappa shape index (κ2) is 8.64. The van der Waals surface area contributed by atoms with Crippen LogP contribution in [0, 0.1) is 24.2 Å². The molecule has 7 heteroatoms. The van der Waals surface area contributed by atoms with Gasteiger partial charge in [-0.2, -0.15) is 5.26 Å². The van der Waals surface area contributed by atoms with E-state index in [0.29, 0.717) is 23.8 Å². The average Bonchev–Trinajstić information content (AvgIpc) is 3.16. The van der Waals surface area contributed by atoms with E-state index in [9.17, 15) is 10.1 Å². The van der Waals surface area contributed by atoms with Crippen LogP contribution in [-0.2, 0) is 24.1 Å². The maximum atomic E-state index is 12.1. The van der Waals surface area contributed by atoms with Gasteiger partial charge in [0, 0.05) is 31.4 Å². The maximum absolute atomic E-state index is 12.1. The number of carbonyl (C=O) groups is 1. The van der Waals surface area contributed by atoms with Crippen molar-refractivity contribution >= 4 is 11.7 Å². The molecule has 4 rings (SSSR count). The SMILES string of the molecule is Cc1cc(CC(=O)NCC2CCN(c3nc4c(cc3C#N)CCCC4)CC2)on1. The number of nitrogens with zero attached hydrogens (tertiary/aromatic N) is 4. The summed E-state index contributed by atoms with van der Waals surface area (Å²) < 4.78 is 5.10. The molecule has 0 radical (unpaired) electrons. The molecule has 0 aromatic carbocycles. The third kappa shape index (κ3) is 4.58. The Balaban J connectivity index is 1.30. The van der Waals surface area contributed by atoms with E-state index in [1.807, 2.05) is 13.0 Å². The fraction of sp³-hybridized carbons (Fsp3) is 0.545. The zero-order chi connectivity index (χ0) is 20.2. The van der Waals surface area contributed by atoms with Crippen molar-refractivity contribution in [2.24, 2.45) is 5.92 Å². The van der Waals surface area contributed by atoms with Gasteiger partial charge in [-0.05, 0) is 63.0 Å². The number of nitriles is 1. The highest BCUT2D eigenvalue weighted by Crippen LogP contribution is 2.29. The normalized spacial score (nSPS) is 16.9. The number of pyridine rings is 1. The quantitative estimate of drug-likeness (QED) is 0.839. The highest BCUT2D eigenvalue weighted by Gasteiger charge is 2.24. The van der Waals surface area contributed by atoms with Gasteiger partial charge in [-0.15, -0.1) is 0 Å². The van der Waals surface area contributed by atoms with E-state index in [1.54, 1.807) is 6.07 Å². The van der Waals surface area contributed by atoms with Gasteiger partial charge in [-0.1, -0.05) is 5.16 Å². The summed E-state index contributed by atoms with van der Waals surface area (Å²) >= 11 is 0. The van der Waals surface area contributed by atoms with Crippen molar-refractivity contribution < 1.29 is 9.32 Å². The van der Waals surface area contributed by atoms with Crippen LogP contribution >= 0.6 is 0 Å². The molecule has 152 valence electrons. The molecule has 1 saturated heterocycles. The number of rotatable bonds is 5. The molecule has 0 unspecified atom stereocenters. The summed E-state index contributed by atoms with van der Waals surface area (Å²) in [6, 6.07) is 6.18. The number of amides is 1. The minimum Gasteiger partial charge on any atom is -0.361 e. The Bertz CT molecular complexity index is 922. The van der Waals surface area contributed by atoms with Gasteiger partial charge in [-0.3, -0.25) is 4.79 Å². The standard InChI is InChI=1S/C22H27N5O2/c1-15-10-19(29-26-15)12-21(28)24-14-16-6-8-27(9-7-16)22-18(13-23)11-17-4-2-3-5-20(17)25-22/h10-11,16H,2-9,12,14H2,1H3,(H,24,28). The van der Waals surface area contributed by atoms with E-state index >= 15 is 0 Å². The Morgan fingerprint density at radius 1 is 1.31 bits per heavy atom. The van der Waals surface area contributed by atoms with Gasteiger partial charge in [-0.25, -0.2) is 4.98 Å². The van der Waals surface area contributed by atoms with Crippen LogP contribution in [0.3, 0.4) is 0 Å². The molecule has 1 fully saturated rings. The van der Waals surface area contributed by atoms with Crippen molar-refractivity contribution in [3.05, 3.63) is 40.4 Å². The summed E-state index contributed by atoms with van der Waals surface area (Å²) in [7, 11) is 0. The summed E-state index contributed by atoms with van der Waals surface area (Å²) in [4.78, 5) is 19.2. The predicted molar refractivity (Wildman–Crippen MR) is 108 cm³/mol. The number of anilines is 1. The Kier molecular flexibility index (Phi) is 5.79. The van der Waals surface area contributed by atoms with Crippen LogP contribution in [0.4, 0.5) is 5.82 Å². The van der Waals surface area contributed by atoms with Gasteiger partial charge in [0.1, 0.15) is 17.6 Å². The molecule has 0 atom stereocenters. The third-order valence-corrected chi connectivity index (χ3v) is 5.91. The molecule has 1 amide bonds. The molecule has 29 heavy (non-hydrogen) atoms. The fourth-order valence-electron chi connectivity index (χ4n) is 4.27. The monoisotopic (exact) mass is 393 g/mol. The zero-order valence-corrected chi connectivity index (χ0v) is 16.9. The van der Waals surface area contributed by atoms with Gasteiger partial charge in [0.25, 0.3) is 0 Å². The highest BCUT2D eigenvalue weighted by molar-refractivity contribution is 5.77. The van der Waals surface area contributed by atoms with Crippen LogP contribution in [0.2, 0.25) is 0 Å². The molecule has 2 aromatic heterocycles. The first-order valence-electron chi connectivity index (χ1n) is 10.5. The first kappa shape index (κ1) is 19.4. The van der Waals surface area contributed by atoms with Crippen molar-refractivity contribution in [3.8, 4) is 6.07 Å². The Morgan fingerprint density at radius 2 is 2.10 bits per heavy atom. The number of carbonyl (C=O) groups excluding carboxylic acids is 1. The zero-order valence-electron chi connectivity index (χ0n) is 16.9. The molecule has 2 aliphatic rings. The van der Waals surface area contributed by atoms with Gasteiger partial charge >= 0.3 is 0 Å². The number of hydrogen-bond acceptors (Lipinski definition) is 6. The first-order valence-corrected chi connectivity index (χ1v) is 10.5. The number of aryl methyl sites for hydroxylation is 3. The molecule has 1 aliphatic carbocycles. The number of nitrogens with one attached hydrogen (secondary N) is 1. The van der Waals surface area contributed by atoms with Crippen LogP contribution in [0.5, 0.6) is 0 Å². The Morgan fingerprint density at radius 3 is 2.83 bits per heavy atom. The number of aromatic nitrogens is 2. The van der Waals surface area contributed by atoms with Crippen molar-refractivity contribution in [2.45, 2.75) is 51.9 Å². The molecule has 7 nitrogen and oxygen atoms in total. The molecular formula is C22H27N5O2. The summed E-state index contributed by atoms with van der Waals surface area (Å²) in [5.41, 5.74) is 3.89. The van der Waals surface area contributed by atoms with E-state index in [4.69, 9.17) is 9.51 Å². The van der Waals surface area contributed by atoms with E-state index in [0.717, 1.165) is 50.3 Å². The molecule has 0 spiro atoms. The molecule has 1 N–H and O–H groups in total. The molecular weight excluding hydrogens is 366 g/mol. The van der Waals surface area contributed by atoms with Gasteiger partial charge < -0.3 is 14.7 Å². The number of piperidine rings is 1. The lowest BCUT2D eigenvalue weighted by Gasteiger charge is -2.34. The van der Waals surface area contributed by atoms with Gasteiger partial charge in [0.15, 0.2) is 0 Å². The molecule has 0 saturated carbocycles. The lowest BCUT2D eigenvalue weighted by molar-refractivity contribution is -0.120. The molecule has 0 bridgehead atoms. The van der Waals surface area contributed by atoms with Crippen LogP contribution in [0.15, 0.2) is 16.7 Å². The number of fused-ring (bicyclic) bond motifs is 1. The smallest absolute Gasteiger partial charge is 0.227 e. The van der Waals surface area contributed by atoms with E-state index in [-0.39, 0.29) is 12.3 Å². The maximum Gasteiger partial charge on any atom is 0.227 e. The summed E-state index contributed by atoms with van der Waals surface area (Å²) in [6.07, 6.45) is 6.60. The minimum absolute atomic E-state index is 0.0355. The Labute approximate surface area is 171 Å². The van der Waals surface area contributed by atoms with Crippen molar-refractivity contribution in [3.63, 3.8) is 0 Å². The van der Waals surface area contributed by atoms with Crippen LogP contribution in [0.25, 0.3) is 0 Å². The van der Waals surface area contributed by atoms with Crippen molar-refractivity contribution in [1.29, 1.82) is 5.26 Å². The summed E-state index contributed by atoms with van der Waals surface area (Å²) in [6.45, 7) is 4.24.